The number of aromatic nitrogens is 3. The Morgan fingerprint density at radius 3 is 2.55 bits per heavy atom. The van der Waals surface area contributed by atoms with Crippen LogP contribution in [0.3, 0.4) is 0 Å². The number of nitro groups is 1. The van der Waals surface area contributed by atoms with Gasteiger partial charge in [-0.15, -0.1) is 10.2 Å². The molecule has 1 amide bonds. The quantitative estimate of drug-likeness (QED) is 0.225. The van der Waals surface area contributed by atoms with Crippen molar-refractivity contribution in [2.45, 2.75) is 43.3 Å². The molecule has 0 saturated heterocycles. The maximum absolute atomic E-state index is 12.3. The maximum Gasteiger partial charge on any atom is 0.269 e. The van der Waals surface area contributed by atoms with Gasteiger partial charge in [0.1, 0.15) is 0 Å². The summed E-state index contributed by atoms with van der Waals surface area (Å²) in [6, 6.07) is 16.2. The first-order valence-electron chi connectivity index (χ1n) is 10.8. The van der Waals surface area contributed by atoms with Crippen LogP contribution in [0.5, 0.6) is 0 Å². The Bertz CT molecular complexity index is 1120. The van der Waals surface area contributed by atoms with Crippen molar-refractivity contribution in [1.82, 2.24) is 20.2 Å². The molecule has 0 atom stereocenters. The van der Waals surface area contributed by atoms with Gasteiger partial charge in [0.05, 0.1) is 16.9 Å². The summed E-state index contributed by atoms with van der Waals surface area (Å²) in [6.45, 7) is 0. The van der Waals surface area contributed by atoms with E-state index >= 15 is 0 Å². The minimum Gasteiger partial charge on any atom is -0.299 e. The highest BCUT2D eigenvalue weighted by Crippen LogP contribution is 2.35. The Hall–Kier alpha value is -3.53. The van der Waals surface area contributed by atoms with E-state index in [1.807, 2.05) is 30.3 Å². The van der Waals surface area contributed by atoms with E-state index in [4.69, 9.17) is 0 Å². The summed E-state index contributed by atoms with van der Waals surface area (Å²) in [7, 11) is 0. The number of hydrazone groups is 1. The fourth-order valence-corrected chi connectivity index (χ4v) is 4.65. The fraction of sp³-hybridized carbons (Fsp3) is 0.304. The van der Waals surface area contributed by atoms with Crippen LogP contribution in [0.1, 0.15) is 43.7 Å². The van der Waals surface area contributed by atoms with Gasteiger partial charge in [-0.2, -0.15) is 5.10 Å². The van der Waals surface area contributed by atoms with Crippen LogP contribution in [0.2, 0.25) is 0 Å². The Labute approximate surface area is 195 Å². The standard InChI is InChI=1S/C23H24N6O3S/c30-21(25-24-15-17-11-13-20(14-12-17)29(31)32)16-33-23-27-26-22(18-7-3-1-4-8-18)28(23)19-9-5-2-6-10-19/h1,3-4,7-8,11-15,19H,2,5-6,9-10,16H2,(H,25,30)/b24-15+. The largest absolute Gasteiger partial charge is 0.299 e. The maximum atomic E-state index is 12.3. The number of thioether (sulfide) groups is 1. The zero-order chi connectivity index (χ0) is 23.0. The lowest BCUT2D eigenvalue weighted by atomic mass is 9.95. The van der Waals surface area contributed by atoms with E-state index in [1.165, 1.54) is 49.4 Å². The topological polar surface area (TPSA) is 115 Å². The number of benzene rings is 2. The first kappa shape index (κ1) is 22.7. The lowest BCUT2D eigenvalue weighted by Crippen LogP contribution is -2.20. The van der Waals surface area contributed by atoms with Crippen LogP contribution in [-0.2, 0) is 4.79 Å². The van der Waals surface area contributed by atoms with Gasteiger partial charge in [-0.25, -0.2) is 5.43 Å². The predicted molar refractivity (Wildman–Crippen MR) is 127 cm³/mol. The number of nitro benzene ring substituents is 1. The average Bonchev–Trinajstić information content (AvgIpc) is 3.28. The number of nitrogens with zero attached hydrogens (tertiary/aromatic N) is 5. The summed E-state index contributed by atoms with van der Waals surface area (Å²) in [6.07, 6.45) is 7.22. The molecule has 1 N–H and O–H groups in total. The first-order valence-corrected chi connectivity index (χ1v) is 11.8. The molecule has 4 rings (SSSR count). The number of rotatable bonds is 8. The Balaban J connectivity index is 1.40. The number of carbonyl (C=O) groups is 1. The molecule has 1 aromatic heterocycles. The number of hydrogen-bond donors (Lipinski definition) is 1. The van der Waals surface area contributed by atoms with Crippen LogP contribution in [0, 0.1) is 10.1 Å². The highest BCUT2D eigenvalue weighted by molar-refractivity contribution is 7.99. The van der Waals surface area contributed by atoms with Gasteiger partial charge in [0.2, 0.25) is 0 Å². The number of nitrogens with one attached hydrogen (secondary N) is 1. The molecule has 0 unspecified atom stereocenters. The van der Waals surface area contributed by atoms with Gasteiger partial charge in [-0.05, 0) is 30.5 Å². The Morgan fingerprint density at radius 2 is 1.85 bits per heavy atom. The van der Waals surface area contributed by atoms with Crippen molar-refractivity contribution < 1.29 is 9.72 Å². The molecule has 10 heteroatoms. The molecule has 0 aliphatic heterocycles. The molecule has 0 bridgehead atoms. The van der Waals surface area contributed by atoms with Crippen molar-refractivity contribution >= 4 is 29.6 Å². The van der Waals surface area contributed by atoms with Gasteiger partial charge in [-0.1, -0.05) is 61.4 Å². The summed E-state index contributed by atoms with van der Waals surface area (Å²) in [5.41, 5.74) is 4.16. The van der Waals surface area contributed by atoms with Gasteiger partial charge < -0.3 is 0 Å². The minimum absolute atomic E-state index is 0.00420. The summed E-state index contributed by atoms with van der Waals surface area (Å²) in [5, 5.41) is 24.2. The van der Waals surface area contributed by atoms with Crippen molar-refractivity contribution in [2.75, 3.05) is 5.75 Å². The molecule has 0 radical (unpaired) electrons. The Morgan fingerprint density at radius 1 is 1.12 bits per heavy atom. The van der Waals surface area contributed by atoms with E-state index in [0.717, 1.165) is 29.4 Å². The molecule has 170 valence electrons. The summed E-state index contributed by atoms with van der Waals surface area (Å²) < 4.78 is 2.19. The molecular formula is C23H24N6O3S. The second-order valence-corrected chi connectivity index (χ2v) is 8.71. The predicted octanol–water partition coefficient (Wildman–Crippen LogP) is 4.60. The number of carbonyl (C=O) groups excluding carboxylic acids is 1. The molecule has 1 aliphatic carbocycles. The smallest absolute Gasteiger partial charge is 0.269 e. The highest BCUT2D eigenvalue weighted by atomic mass is 32.2. The second-order valence-electron chi connectivity index (χ2n) is 7.76. The zero-order valence-electron chi connectivity index (χ0n) is 18.0. The number of non-ortho nitro benzene ring substituents is 1. The first-order chi connectivity index (χ1) is 16.1. The van der Waals surface area contributed by atoms with Gasteiger partial charge >= 0.3 is 0 Å². The SMILES string of the molecule is O=C(CSc1nnc(-c2ccccc2)n1C1CCCCC1)N/N=C/c1ccc([N+](=O)[O-])cc1. The van der Waals surface area contributed by atoms with Crippen molar-refractivity contribution in [3.63, 3.8) is 0 Å². The zero-order valence-corrected chi connectivity index (χ0v) is 18.8. The van der Waals surface area contributed by atoms with Crippen molar-refractivity contribution in [3.05, 3.63) is 70.3 Å². The van der Waals surface area contributed by atoms with E-state index in [1.54, 1.807) is 12.1 Å². The molecule has 0 spiro atoms. The van der Waals surface area contributed by atoms with Crippen molar-refractivity contribution in [1.29, 1.82) is 0 Å². The van der Waals surface area contributed by atoms with Gasteiger partial charge in [0.25, 0.3) is 11.6 Å². The average molecular weight is 465 g/mol. The normalized spacial score (nSPS) is 14.4. The van der Waals surface area contributed by atoms with Gasteiger partial charge in [-0.3, -0.25) is 19.5 Å². The molecule has 2 aromatic carbocycles. The van der Waals surface area contributed by atoms with E-state index in [0.29, 0.717) is 11.6 Å². The van der Waals surface area contributed by atoms with Crippen LogP contribution in [-0.4, -0.2) is 37.6 Å². The molecule has 3 aromatic rings. The van der Waals surface area contributed by atoms with Gasteiger partial charge in [0, 0.05) is 23.7 Å². The fourth-order valence-electron chi connectivity index (χ4n) is 3.85. The lowest BCUT2D eigenvalue weighted by molar-refractivity contribution is -0.384. The van der Waals surface area contributed by atoms with Crippen molar-refractivity contribution in [2.24, 2.45) is 5.10 Å². The Kier molecular flexibility index (Phi) is 7.46. The van der Waals surface area contributed by atoms with E-state index in [-0.39, 0.29) is 17.3 Å². The van der Waals surface area contributed by atoms with Crippen LogP contribution in [0.25, 0.3) is 11.4 Å². The molecule has 9 nitrogen and oxygen atoms in total. The second kappa shape index (κ2) is 10.9. The number of hydrogen-bond acceptors (Lipinski definition) is 7. The summed E-state index contributed by atoms with van der Waals surface area (Å²) >= 11 is 1.34. The molecule has 33 heavy (non-hydrogen) atoms. The number of amides is 1. The third kappa shape index (κ3) is 5.83. The summed E-state index contributed by atoms with van der Waals surface area (Å²) in [4.78, 5) is 22.6. The van der Waals surface area contributed by atoms with Crippen LogP contribution in [0.15, 0.2) is 64.9 Å². The highest BCUT2D eigenvalue weighted by Gasteiger charge is 2.24. The third-order valence-corrected chi connectivity index (χ3v) is 6.42. The monoisotopic (exact) mass is 464 g/mol. The minimum atomic E-state index is -0.463. The van der Waals surface area contributed by atoms with E-state index in [9.17, 15) is 14.9 Å². The van der Waals surface area contributed by atoms with E-state index in [2.05, 4.69) is 25.3 Å². The molecule has 1 fully saturated rings. The molecule has 1 heterocycles. The lowest BCUT2D eigenvalue weighted by Gasteiger charge is -2.25. The molecule has 1 aliphatic rings. The summed E-state index contributed by atoms with van der Waals surface area (Å²) in [5.74, 6) is 0.719. The van der Waals surface area contributed by atoms with Gasteiger partial charge in [0.15, 0.2) is 11.0 Å². The van der Waals surface area contributed by atoms with Crippen LogP contribution >= 0.6 is 11.8 Å². The van der Waals surface area contributed by atoms with Crippen molar-refractivity contribution in [3.8, 4) is 11.4 Å². The molecular weight excluding hydrogens is 440 g/mol. The van der Waals surface area contributed by atoms with E-state index < -0.39 is 4.92 Å². The van der Waals surface area contributed by atoms with Crippen LogP contribution in [0.4, 0.5) is 5.69 Å². The van der Waals surface area contributed by atoms with Crippen LogP contribution < -0.4 is 5.43 Å². The molecule has 1 saturated carbocycles. The third-order valence-electron chi connectivity index (χ3n) is 5.48.